The van der Waals surface area contributed by atoms with Gasteiger partial charge in [0, 0.05) is 6.42 Å². The van der Waals surface area contributed by atoms with Crippen LogP contribution >= 0.6 is 0 Å². The molecule has 0 bridgehead atoms. The Balaban J connectivity index is 2.70. The molecule has 0 aromatic rings. The molecule has 50 valence electrons. The van der Waals surface area contributed by atoms with Crippen molar-refractivity contribution in [3.8, 4) is 0 Å². The van der Waals surface area contributed by atoms with E-state index >= 15 is 0 Å². The van der Waals surface area contributed by atoms with Crippen molar-refractivity contribution in [1.29, 1.82) is 0 Å². The van der Waals surface area contributed by atoms with Crippen LogP contribution in [-0.4, -0.2) is 11.0 Å². The lowest BCUT2D eigenvalue weighted by Gasteiger charge is -2.13. The maximum absolute atomic E-state index is 12.3. The lowest BCUT2D eigenvalue weighted by atomic mass is 10.1. The third-order valence-electron chi connectivity index (χ3n) is 1.08. The minimum absolute atomic E-state index is 0.296. The van der Waals surface area contributed by atoms with Crippen molar-refractivity contribution < 1.29 is 13.9 Å². The highest BCUT2D eigenvalue weighted by Gasteiger charge is 2.22. The summed E-state index contributed by atoms with van der Waals surface area (Å²) in [5, 5.41) is 8.53. The van der Waals surface area contributed by atoms with Gasteiger partial charge in [-0.05, 0) is 18.2 Å². The molecule has 0 aromatic heterocycles. The van der Waals surface area contributed by atoms with Crippen molar-refractivity contribution in [1.82, 2.24) is 0 Å². The Labute approximate surface area is 51.3 Å². The fraction of sp³-hybridized carbons (Fsp3) is 0.333. The number of halogens is 2. The first kappa shape index (κ1) is 6.42. The highest BCUT2D eigenvalue weighted by atomic mass is 19.2. The third-order valence-corrected chi connectivity index (χ3v) is 1.08. The monoisotopic (exact) mass is 132 g/mol. The molecule has 3 heteroatoms. The molecule has 0 aliphatic heterocycles. The van der Waals surface area contributed by atoms with Gasteiger partial charge in [0.2, 0.25) is 5.85 Å². The molecular formula is C6H6F2O. The van der Waals surface area contributed by atoms with Gasteiger partial charge in [-0.15, -0.1) is 0 Å². The van der Waals surface area contributed by atoms with Gasteiger partial charge in [0.05, 0.1) is 0 Å². The van der Waals surface area contributed by atoms with E-state index in [2.05, 4.69) is 0 Å². The van der Waals surface area contributed by atoms with Gasteiger partial charge in [0.15, 0.2) is 0 Å². The fourth-order valence-electron chi connectivity index (χ4n) is 0.584. The van der Waals surface area contributed by atoms with Crippen molar-refractivity contribution in [2.45, 2.75) is 12.3 Å². The molecule has 1 rings (SSSR count). The first-order valence-electron chi connectivity index (χ1n) is 2.56. The van der Waals surface area contributed by atoms with E-state index in [1.54, 1.807) is 0 Å². The van der Waals surface area contributed by atoms with Gasteiger partial charge in [0.25, 0.3) is 0 Å². The Bertz CT molecular complexity index is 170. The molecule has 0 saturated carbocycles. The highest BCUT2D eigenvalue weighted by Crippen LogP contribution is 2.21. The molecule has 1 aliphatic rings. The van der Waals surface area contributed by atoms with Gasteiger partial charge in [-0.2, -0.15) is 0 Å². The van der Waals surface area contributed by atoms with Gasteiger partial charge < -0.3 is 5.11 Å². The van der Waals surface area contributed by atoms with E-state index in [4.69, 9.17) is 5.11 Å². The van der Waals surface area contributed by atoms with Crippen LogP contribution in [0.5, 0.6) is 0 Å². The van der Waals surface area contributed by atoms with Gasteiger partial charge >= 0.3 is 0 Å². The van der Waals surface area contributed by atoms with Crippen LogP contribution in [0.15, 0.2) is 24.1 Å². The van der Waals surface area contributed by atoms with Crippen molar-refractivity contribution in [3.63, 3.8) is 0 Å². The van der Waals surface area contributed by atoms with Crippen LogP contribution in [0.25, 0.3) is 0 Å². The largest absolute Gasteiger partial charge is 0.358 e. The molecule has 0 saturated heterocycles. The number of aliphatic hydroxyl groups is 1. The Kier molecular flexibility index (Phi) is 1.37. The Morgan fingerprint density at radius 3 is 2.67 bits per heavy atom. The van der Waals surface area contributed by atoms with Gasteiger partial charge in [-0.25, -0.2) is 8.78 Å². The second-order valence-corrected chi connectivity index (χ2v) is 1.95. The lowest BCUT2D eigenvalue weighted by Crippen LogP contribution is -2.18. The van der Waals surface area contributed by atoms with Crippen molar-refractivity contribution in [2.75, 3.05) is 0 Å². The molecule has 0 aromatic carbocycles. The van der Waals surface area contributed by atoms with Crippen LogP contribution in [0.3, 0.4) is 0 Å². The molecule has 9 heavy (non-hydrogen) atoms. The zero-order chi connectivity index (χ0) is 6.91. The smallest absolute Gasteiger partial charge is 0.229 e. The Morgan fingerprint density at radius 1 is 1.67 bits per heavy atom. The Hall–Kier alpha value is -0.700. The molecule has 1 atom stereocenters. The van der Waals surface area contributed by atoms with Crippen LogP contribution in [0.1, 0.15) is 6.42 Å². The number of rotatable bonds is 0. The summed E-state index contributed by atoms with van der Waals surface area (Å²) >= 11 is 0. The minimum Gasteiger partial charge on any atom is -0.358 e. The predicted octanol–water partition coefficient (Wildman–Crippen LogP) is 1.46. The first-order chi connectivity index (χ1) is 4.10. The van der Waals surface area contributed by atoms with Gasteiger partial charge in [-0.1, -0.05) is 0 Å². The van der Waals surface area contributed by atoms with Crippen LogP contribution in [0.4, 0.5) is 8.78 Å². The third kappa shape index (κ3) is 1.61. The summed E-state index contributed by atoms with van der Waals surface area (Å²) in [7, 11) is 0. The fourth-order valence-corrected chi connectivity index (χ4v) is 0.584. The summed E-state index contributed by atoms with van der Waals surface area (Å²) in [6.07, 6.45) is 2.40. The van der Waals surface area contributed by atoms with E-state index in [1.165, 1.54) is 0 Å². The van der Waals surface area contributed by atoms with E-state index in [0.29, 0.717) is 0 Å². The first-order valence-corrected chi connectivity index (χ1v) is 2.56. The molecule has 0 heterocycles. The number of allylic oxidation sites excluding steroid dienone is 2. The quantitative estimate of drug-likeness (QED) is 0.529. The standard InChI is InChI=1S/C6H6F2O/c7-5-1-3-6(8,9)4-2-5/h1-3,9H,4H2. The average Bonchev–Trinajstić information content (AvgIpc) is 1.78. The van der Waals surface area contributed by atoms with E-state index in [0.717, 1.165) is 18.2 Å². The average molecular weight is 132 g/mol. The number of hydrogen-bond donors (Lipinski definition) is 1. The van der Waals surface area contributed by atoms with Crippen LogP contribution in [-0.2, 0) is 0 Å². The minimum atomic E-state index is -2.34. The molecule has 1 unspecified atom stereocenters. The molecule has 1 N–H and O–H groups in total. The lowest BCUT2D eigenvalue weighted by molar-refractivity contribution is -0.0394. The SMILES string of the molecule is OC1(F)C=CC(F)=CC1. The summed E-state index contributed by atoms with van der Waals surface area (Å²) < 4.78 is 24.3. The summed E-state index contributed by atoms with van der Waals surface area (Å²) in [6.45, 7) is 0. The van der Waals surface area contributed by atoms with Gasteiger partial charge in [0.1, 0.15) is 5.83 Å². The summed E-state index contributed by atoms with van der Waals surface area (Å²) in [4.78, 5) is 0. The molecule has 0 spiro atoms. The summed E-state index contributed by atoms with van der Waals surface area (Å²) in [5.41, 5.74) is 0. The van der Waals surface area contributed by atoms with E-state index in [9.17, 15) is 8.78 Å². The molecule has 1 nitrogen and oxygen atoms in total. The van der Waals surface area contributed by atoms with E-state index in [1.807, 2.05) is 0 Å². The molecule has 0 amide bonds. The topological polar surface area (TPSA) is 20.2 Å². The van der Waals surface area contributed by atoms with Crippen LogP contribution in [0, 0.1) is 0 Å². The van der Waals surface area contributed by atoms with Gasteiger partial charge in [-0.3, -0.25) is 0 Å². The second kappa shape index (κ2) is 1.92. The normalized spacial score (nSPS) is 34.3. The summed E-state index contributed by atoms with van der Waals surface area (Å²) in [5.74, 6) is -2.84. The van der Waals surface area contributed by atoms with Crippen molar-refractivity contribution >= 4 is 0 Å². The molecule has 1 aliphatic carbocycles. The van der Waals surface area contributed by atoms with Crippen LogP contribution in [0.2, 0.25) is 0 Å². The molecular weight excluding hydrogens is 126 g/mol. The summed E-state index contributed by atoms with van der Waals surface area (Å²) in [6, 6.07) is 0. The zero-order valence-corrected chi connectivity index (χ0v) is 4.64. The maximum atomic E-state index is 12.3. The van der Waals surface area contributed by atoms with E-state index in [-0.39, 0.29) is 6.42 Å². The maximum Gasteiger partial charge on any atom is 0.229 e. The number of alkyl halides is 1. The predicted molar refractivity (Wildman–Crippen MR) is 29.0 cm³/mol. The zero-order valence-electron chi connectivity index (χ0n) is 4.64. The number of hydrogen-bond acceptors (Lipinski definition) is 1. The van der Waals surface area contributed by atoms with Crippen molar-refractivity contribution in [3.05, 3.63) is 24.1 Å². The molecule has 0 fully saturated rings. The van der Waals surface area contributed by atoms with E-state index < -0.39 is 11.7 Å². The second-order valence-electron chi connectivity index (χ2n) is 1.95. The van der Waals surface area contributed by atoms with Crippen LogP contribution < -0.4 is 0 Å². The van der Waals surface area contributed by atoms with Crippen molar-refractivity contribution in [2.24, 2.45) is 0 Å². The Morgan fingerprint density at radius 2 is 2.33 bits per heavy atom. The molecule has 0 radical (unpaired) electrons. The highest BCUT2D eigenvalue weighted by molar-refractivity contribution is 5.20.